The van der Waals surface area contributed by atoms with E-state index in [0.29, 0.717) is 19.0 Å². The van der Waals surface area contributed by atoms with E-state index in [1.165, 1.54) is 0 Å². The van der Waals surface area contributed by atoms with E-state index in [-0.39, 0.29) is 23.5 Å². The summed E-state index contributed by atoms with van der Waals surface area (Å²) in [6.45, 7) is 4.31. The minimum Gasteiger partial charge on any atom is -0.492 e. The van der Waals surface area contributed by atoms with Crippen LogP contribution < -0.4 is 4.74 Å². The fourth-order valence-corrected chi connectivity index (χ4v) is 2.99. The van der Waals surface area contributed by atoms with Crippen LogP contribution in [0, 0.1) is 0 Å². The highest BCUT2D eigenvalue weighted by Gasteiger charge is 2.42. The second kappa shape index (κ2) is 5.95. The normalized spacial score (nSPS) is 20.1. The third kappa shape index (κ3) is 2.59. The summed E-state index contributed by atoms with van der Waals surface area (Å²) in [6.07, 6.45) is 0.162. The van der Waals surface area contributed by atoms with Crippen LogP contribution in [0.5, 0.6) is 5.75 Å². The Morgan fingerprint density at radius 1 is 1.45 bits per heavy atom. The number of ketones is 1. The van der Waals surface area contributed by atoms with Crippen LogP contribution in [-0.2, 0) is 26.2 Å². The van der Waals surface area contributed by atoms with Gasteiger partial charge in [-0.15, -0.1) is 0 Å². The van der Waals surface area contributed by atoms with Crippen LogP contribution in [-0.4, -0.2) is 30.3 Å². The lowest BCUT2D eigenvalue weighted by atomic mass is 9.80. The summed E-state index contributed by atoms with van der Waals surface area (Å²) < 4.78 is 10.7. The Morgan fingerprint density at radius 2 is 2.20 bits per heavy atom. The van der Waals surface area contributed by atoms with Gasteiger partial charge in [0.05, 0.1) is 23.8 Å². The van der Waals surface area contributed by atoms with Crippen molar-refractivity contribution in [3.05, 3.63) is 29.3 Å². The molecule has 1 unspecified atom stereocenters. The zero-order chi connectivity index (χ0) is 14.8. The molecular weight excluding hydrogens is 324 g/mol. The fourth-order valence-electron chi connectivity index (χ4n) is 2.37. The first kappa shape index (κ1) is 15.0. The molecule has 1 heterocycles. The Hall–Kier alpha value is -1.36. The van der Waals surface area contributed by atoms with Crippen LogP contribution >= 0.6 is 15.9 Å². The summed E-state index contributed by atoms with van der Waals surface area (Å²) in [5.74, 6) is 0.437. The number of carbonyl (C=O) groups is 2. The van der Waals surface area contributed by atoms with Gasteiger partial charge in [-0.05, 0) is 13.8 Å². The monoisotopic (exact) mass is 340 g/mol. The van der Waals surface area contributed by atoms with Crippen molar-refractivity contribution in [2.45, 2.75) is 25.7 Å². The molecule has 1 aliphatic rings. The second-order valence-electron chi connectivity index (χ2n) is 4.95. The zero-order valence-corrected chi connectivity index (χ0v) is 13.2. The average molecular weight is 341 g/mol. The smallest absolute Gasteiger partial charge is 0.310 e. The lowest BCUT2D eigenvalue weighted by Gasteiger charge is -2.19. The summed E-state index contributed by atoms with van der Waals surface area (Å²) in [5.41, 5.74) is 0.972. The van der Waals surface area contributed by atoms with E-state index in [0.717, 1.165) is 11.1 Å². The van der Waals surface area contributed by atoms with Crippen LogP contribution in [0.3, 0.4) is 0 Å². The molecule has 1 aromatic rings. The summed E-state index contributed by atoms with van der Waals surface area (Å²) in [7, 11) is 0. The highest BCUT2D eigenvalue weighted by Crippen LogP contribution is 2.42. The number of Topliss-reactive ketones (excluding diaryl/α,β-unsaturated/α-hetero) is 1. The number of fused-ring (bicyclic) bond motifs is 1. The van der Waals surface area contributed by atoms with E-state index >= 15 is 0 Å². The first-order valence-corrected chi connectivity index (χ1v) is 7.65. The summed E-state index contributed by atoms with van der Waals surface area (Å²) in [6, 6.07) is 5.57. The van der Waals surface area contributed by atoms with Crippen molar-refractivity contribution in [1.82, 2.24) is 0 Å². The van der Waals surface area contributed by atoms with Crippen molar-refractivity contribution in [2.24, 2.45) is 0 Å². The molecule has 0 radical (unpaired) electrons. The largest absolute Gasteiger partial charge is 0.492 e. The highest BCUT2D eigenvalue weighted by molar-refractivity contribution is 9.09. The zero-order valence-electron chi connectivity index (χ0n) is 11.6. The van der Waals surface area contributed by atoms with Crippen LogP contribution in [0.15, 0.2) is 18.2 Å². The van der Waals surface area contributed by atoms with Crippen LogP contribution in [0.2, 0.25) is 0 Å². The molecule has 108 valence electrons. The molecule has 0 amide bonds. The highest BCUT2D eigenvalue weighted by atomic mass is 79.9. The molecule has 1 atom stereocenters. The Labute approximate surface area is 126 Å². The Morgan fingerprint density at radius 3 is 2.85 bits per heavy atom. The lowest BCUT2D eigenvalue weighted by molar-refractivity contribution is -0.142. The third-order valence-corrected chi connectivity index (χ3v) is 4.08. The number of rotatable bonds is 5. The van der Waals surface area contributed by atoms with Crippen molar-refractivity contribution in [1.29, 1.82) is 0 Å². The van der Waals surface area contributed by atoms with Gasteiger partial charge in [-0.1, -0.05) is 34.1 Å². The molecule has 0 bridgehead atoms. The third-order valence-electron chi connectivity index (χ3n) is 3.57. The van der Waals surface area contributed by atoms with E-state index in [4.69, 9.17) is 9.47 Å². The number of carbonyl (C=O) groups excluding carboxylic acids is 2. The van der Waals surface area contributed by atoms with Gasteiger partial charge in [0.15, 0.2) is 5.78 Å². The molecule has 0 aliphatic carbocycles. The van der Waals surface area contributed by atoms with Gasteiger partial charge in [-0.2, -0.15) is 0 Å². The van der Waals surface area contributed by atoms with Gasteiger partial charge in [0.2, 0.25) is 0 Å². The van der Waals surface area contributed by atoms with Gasteiger partial charge in [0, 0.05) is 11.1 Å². The van der Waals surface area contributed by atoms with E-state index in [2.05, 4.69) is 15.9 Å². The number of halogens is 1. The minimum absolute atomic E-state index is 0.0736. The molecule has 0 N–H and O–H groups in total. The number of para-hydroxylation sites is 1. The van der Waals surface area contributed by atoms with Crippen molar-refractivity contribution in [3.63, 3.8) is 0 Å². The van der Waals surface area contributed by atoms with E-state index in [9.17, 15) is 9.59 Å². The molecule has 0 spiro atoms. The molecule has 1 aromatic carbocycles. The van der Waals surface area contributed by atoms with E-state index in [1.807, 2.05) is 25.1 Å². The van der Waals surface area contributed by atoms with Crippen molar-refractivity contribution in [3.8, 4) is 5.75 Å². The average Bonchev–Trinajstić information content (AvgIpc) is 2.78. The Kier molecular flexibility index (Phi) is 4.48. The van der Waals surface area contributed by atoms with Crippen LogP contribution in [0.25, 0.3) is 0 Å². The quantitative estimate of drug-likeness (QED) is 0.610. The van der Waals surface area contributed by atoms with Gasteiger partial charge in [-0.3, -0.25) is 9.59 Å². The minimum atomic E-state index is -0.649. The number of hydrogen-bond donors (Lipinski definition) is 0. The van der Waals surface area contributed by atoms with Crippen molar-refractivity contribution >= 4 is 27.7 Å². The van der Waals surface area contributed by atoms with Gasteiger partial charge >= 0.3 is 5.97 Å². The van der Waals surface area contributed by atoms with Gasteiger partial charge in [-0.25, -0.2) is 0 Å². The lowest BCUT2D eigenvalue weighted by Crippen LogP contribution is -2.35. The predicted molar refractivity (Wildman–Crippen MR) is 78.4 cm³/mol. The van der Waals surface area contributed by atoms with E-state index < -0.39 is 5.41 Å². The fraction of sp³-hybridized carbons (Fsp3) is 0.467. The molecule has 1 aliphatic heterocycles. The Balaban J connectivity index is 2.33. The summed E-state index contributed by atoms with van der Waals surface area (Å²) in [5, 5.41) is 0.286. The molecular formula is C15H17BrO4. The summed E-state index contributed by atoms with van der Waals surface area (Å²) >= 11 is 3.21. The SMILES string of the molecule is CCOC(=O)Cc1cccc2c1OCC2(C)C(=O)CBr. The maximum Gasteiger partial charge on any atom is 0.310 e. The van der Waals surface area contributed by atoms with Crippen LogP contribution in [0.1, 0.15) is 25.0 Å². The predicted octanol–water partition coefficient (Wildman–Crippen LogP) is 2.41. The van der Waals surface area contributed by atoms with E-state index in [1.54, 1.807) is 6.92 Å². The first-order valence-electron chi connectivity index (χ1n) is 6.53. The number of alkyl halides is 1. The molecule has 20 heavy (non-hydrogen) atoms. The maximum absolute atomic E-state index is 12.1. The molecule has 0 saturated heterocycles. The standard InChI is InChI=1S/C15H17BrO4/c1-3-19-13(18)7-10-5-4-6-11-14(10)20-9-15(11,2)12(17)8-16/h4-6H,3,7-9H2,1-2H3. The molecule has 0 fully saturated rings. The maximum atomic E-state index is 12.1. The molecule has 0 saturated carbocycles. The topological polar surface area (TPSA) is 52.6 Å². The van der Waals surface area contributed by atoms with Crippen molar-refractivity contribution in [2.75, 3.05) is 18.5 Å². The van der Waals surface area contributed by atoms with Crippen LogP contribution in [0.4, 0.5) is 0 Å². The number of ether oxygens (including phenoxy) is 2. The number of hydrogen-bond acceptors (Lipinski definition) is 4. The second-order valence-corrected chi connectivity index (χ2v) is 5.51. The van der Waals surface area contributed by atoms with Gasteiger partial charge < -0.3 is 9.47 Å². The number of benzene rings is 1. The van der Waals surface area contributed by atoms with Crippen molar-refractivity contribution < 1.29 is 19.1 Å². The molecule has 4 nitrogen and oxygen atoms in total. The number of esters is 1. The van der Waals surface area contributed by atoms with Gasteiger partial charge in [0.25, 0.3) is 0 Å². The first-order chi connectivity index (χ1) is 9.52. The van der Waals surface area contributed by atoms with Gasteiger partial charge in [0.1, 0.15) is 12.4 Å². The summed E-state index contributed by atoms with van der Waals surface area (Å²) in [4.78, 5) is 23.7. The molecule has 5 heteroatoms. The molecule has 0 aromatic heterocycles. The Bertz CT molecular complexity index is 541. The molecule has 2 rings (SSSR count).